The third-order valence-corrected chi connectivity index (χ3v) is 4.69. The van der Waals surface area contributed by atoms with Crippen molar-refractivity contribution in [3.63, 3.8) is 0 Å². The second-order valence-corrected chi connectivity index (χ2v) is 5.02. The summed E-state index contributed by atoms with van der Waals surface area (Å²) in [6.07, 6.45) is 0. The van der Waals surface area contributed by atoms with E-state index in [-0.39, 0.29) is 0 Å². The molecule has 0 radical (unpaired) electrons. The van der Waals surface area contributed by atoms with Crippen LogP contribution in [-0.2, 0) is 0 Å². The van der Waals surface area contributed by atoms with Crippen LogP contribution in [0.4, 0.5) is 0 Å². The second-order valence-electron chi connectivity index (χ2n) is 5.02. The molecule has 0 nitrogen and oxygen atoms in total. The summed E-state index contributed by atoms with van der Waals surface area (Å²) < 4.78 is 0. The molecule has 1 rings (SSSR count). The average molecular weight is 200 g/mol. The number of hydrogen-bond acceptors (Lipinski definition) is 0. The maximum Gasteiger partial charge on any atom is -0.0272 e. The van der Waals surface area contributed by atoms with Gasteiger partial charge in [0.1, 0.15) is 0 Å². The molecule has 0 saturated heterocycles. The van der Waals surface area contributed by atoms with Crippen LogP contribution in [0, 0.1) is 22.7 Å². The summed E-state index contributed by atoms with van der Waals surface area (Å²) in [5.74, 6) is 1.78. The lowest BCUT2D eigenvalue weighted by Crippen LogP contribution is -2.57. The zero-order valence-electron chi connectivity index (χ0n) is 12.2. The van der Waals surface area contributed by atoms with Crippen LogP contribution in [0.5, 0.6) is 0 Å². The first kappa shape index (κ1) is 16.4. The third-order valence-electron chi connectivity index (χ3n) is 4.69. The van der Waals surface area contributed by atoms with Gasteiger partial charge in [0, 0.05) is 0 Å². The molecule has 1 fully saturated rings. The molecule has 0 aromatic heterocycles. The van der Waals surface area contributed by atoms with E-state index in [2.05, 4.69) is 41.5 Å². The Bertz CT molecular complexity index is 124. The Morgan fingerprint density at radius 1 is 0.571 bits per heavy atom. The molecule has 2 unspecified atom stereocenters. The van der Waals surface area contributed by atoms with Crippen molar-refractivity contribution in [1.29, 1.82) is 0 Å². The van der Waals surface area contributed by atoms with Gasteiger partial charge in [-0.25, -0.2) is 0 Å². The highest BCUT2D eigenvalue weighted by Crippen LogP contribution is 2.63. The summed E-state index contributed by atoms with van der Waals surface area (Å²) in [5.41, 5.74) is 1.10. The lowest BCUT2D eigenvalue weighted by molar-refractivity contribution is -0.148. The fourth-order valence-corrected chi connectivity index (χ4v) is 2.33. The summed E-state index contributed by atoms with van der Waals surface area (Å²) in [6.45, 7) is 22.3. The van der Waals surface area contributed by atoms with Crippen molar-refractivity contribution in [1.82, 2.24) is 0 Å². The van der Waals surface area contributed by atoms with E-state index < -0.39 is 0 Å². The maximum absolute atomic E-state index is 2.39. The van der Waals surface area contributed by atoms with Gasteiger partial charge in [-0.3, -0.25) is 0 Å². The monoisotopic (exact) mass is 200 g/mol. The van der Waals surface area contributed by atoms with Gasteiger partial charge in [0.05, 0.1) is 0 Å². The smallest absolute Gasteiger partial charge is 0.0272 e. The predicted molar refractivity (Wildman–Crippen MR) is 68.6 cm³/mol. The largest absolute Gasteiger partial charge is 0.0683 e. The summed E-state index contributed by atoms with van der Waals surface area (Å²) in [6, 6.07) is 0. The van der Waals surface area contributed by atoms with Crippen LogP contribution in [-0.4, -0.2) is 0 Å². The molecule has 0 N–H and O–H groups in total. The van der Waals surface area contributed by atoms with Gasteiger partial charge in [0.2, 0.25) is 0 Å². The van der Waals surface area contributed by atoms with E-state index in [1.807, 2.05) is 27.7 Å². The predicted octanol–water partition coefficient (Wildman–Crippen LogP) is 5.38. The average Bonchev–Trinajstić information content (AvgIpc) is 2.21. The molecule has 0 spiro atoms. The molecular weight excluding hydrogens is 168 g/mol. The van der Waals surface area contributed by atoms with Crippen molar-refractivity contribution in [3.05, 3.63) is 0 Å². The molecule has 0 aromatic carbocycles. The Morgan fingerprint density at radius 2 is 0.714 bits per heavy atom. The molecule has 14 heavy (non-hydrogen) atoms. The van der Waals surface area contributed by atoms with Crippen LogP contribution in [0.3, 0.4) is 0 Å². The van der Waals surface area contributed by atoms with E-state index in [0.717, 1.165) is 11.8 Å². The SMILES string of the molecule is CC.CC.CC1C(C)C(C)(C)C1(C)C. The molecule has 2 atom stereocenters. The Labute approximate surface area is 92.5 Å². The lowest BCUT2D eigenvalue weighted by Gasteiger charge is -2.63. The minimum Gasteiger partial charge on any atom is -0.0683 e. The van der Waals surface area contributed by atoms with Gasteiger partial charge in [0.15, 0.2) is 0 Å². The van der Waals surface area contributed by atoms with Gasteiger partial charge in [-0.1, -0.05) is 69.2 Å². The van der Waals surface area contributed by atoms with Crippen LogP contribution in [0.1, 0.15) is 69.2 Å². The molecule has 1 aliphatic carbocycles. The fourth-order valence-electron chi connectivity index (χ4n) is 2.33. The highest BCUT2D eigenvalue weighted by atomic mass is 14.6. The first-order valence-corrected chi connectivity index (χ1v) is 6.32. The van der Waals surface area contributed by atoms with E-state index in [1.54, 1.807) is 0 Å². The van der Waals surface area contributed by atoms with Crippen LogP contribution in [0.25, 0.3) is 0 Å². The molecule has 1 aliphatic rings. The van der Waals surface area contributed by atoms with Gasteiger partial charge >= 0.3 is 0 Å². The highest BCUT2D eigenvalue weighted by molar-refractivity contribution is 5.05. The molecule has 1 saturated carbocycles. The first-order valence-electron chi connectivity index (χ1n) is 6.32. The van der Waals surface area contributed by atoms with E-state index in [0.29, 0.717) is 10.8 Å². The Kier molecular flexibility index (Phi) is 6.78. The zero-order chi connectivity index (χ0) is 12.2. The van der Waals surface area contributed by atoms with Crippen LogP contribution < -0.4 is 0 Å². The van der Waals surface area contributed by atoms with E-state index in [9.17, 15) is 0 Å². The van der Waals surface area contributed by atoms with Crippen LogP contribution in [0.15, 0.2) is 0 Å². The highest BCUT2D eigenvalue weighted by Gasteiger charge is 2.56. The summed E-state index contributed by atoms with van der Waals surface area (Å²) in [4.78, 5) is 0. The molecule has 0 heteroatoms. The van der Waals surface area contributed by atoms with Crippen molar-refractivity contribution < 1.29 is 0 Å². The molecule has 0 aliphatic heterocycles. The van der Waals surface area contributed by atoms with Crippen molar-refractivity contribution in [2.24, 2.45) is 22.7 Å². The van der Waals surface area contributed by atoms with E-state index in [4.69, 9.17) is 0 Å². The lowest BCUT2D eigenvalue weighted by atomic mass is 9.42. The van der Waals surface area contributed by atoms with Gasteiger partial charge in [-0.05, 0) is 22.7 Å². The van der Waals surface area contributed by atoms with Crippen molar-refractivity contribution in [3.8, 4) is 0 Å². The Hall–Kier alpha value is 0. The quantitative estimate of drug-likeness (QED) is 0.492. The van der Waals surface area contributed by atoms with E-state index in [1.165, 1.54) is 0 Å². The van der Waals surface area contributed by atoms with Crippen molar-refractivity contribution >= 4 is 0 Å². The molecule has 0 amide bonds. The molecular formula is C14H32. The standard InChI is InChI=1S/C10H20.2C2H6/c1-7-8(2)10(5,6)9(7,3)4;2*1-2/h7-8H,1-6H3;2*1-2H3. The first-order chi connectivity index (χ1) is 6.32. The number of hydrogen-bond donors (Lipinski definition) is 0. The van der Waals surface area contributed by atoms with E-state index >= 15 is 0 Å². The third kappa shape index (κ3) is 2.32. The van der Waals surface area contributed by atoms with Gasteiger partial charge < -0.3 is 0 Å². The topological polar surface area (TPSA) is 0 Å². The minimum absolute atomic E-state index is 0.548. The minimum atomic E-state index is 0.548. The maximum atomic E-state index is 2.39. The van der Waals surface area contributed by atoms with Crippen molar-refractivity contribution in [2.45, 2.75) is 69.2 Å². The summed E-state index contributed by atoms with van der Waals surface area (Å²) in [7, 11) is 0. The van der Waals surface area contributed by atoms with Gasteiger partial charge in [-0.15, -0.1) is 0 Å². The normalized spacial score (nSPS) is 31.3. The Balaban J connectivity index is 0. The van der Waals surface area contributed by atoms with Crippen LogP contribution >= 0.6 is 0 Å². The van der Waals surface area contributed by atoms with Crippen molar-refractivity contribution in [2.75, 3.05) is 0 Å². The molecule has 0 aromatic rings. The fraction of sp³-hybridized carbons (Fsp3) is 1.00. The van der Waals surface area contributed by atoms with Gasteiger partial charge in [0.25, 0.3) is 0 Å². The van der Waals surface area contributed by atoms with Gasteiger partial charge in [-0.2, -0.15) is 0 Å². The summed E-state index contributed by atoms with van der Waals surface area (Å²) in [5, 5.41) is 0. The molecule has 0 heterocycles. The zero-order valence-corrected chi connectivity index (χ0v) is 12.2. The Morgan fingerprint density at radius 3 is 0.786 bits per heavy atom. The second kappa shape index (κ2) is 5.78. The molecule has 88 valence electrons. The molecule has 0 bridgehead atoms. The number of rotatable bonds is 0. The summed E-state index contributed by atoms with van der Waals surface area (Å²) >= 11 is 0. The van der Waals surface area contributed by atoms with Crippen LogP contribution in [0.2, 0.25) is 0 Å².